The second-order valence-electron chi connectivity index (χ2n) is 7.20. The van der Waals surface area contributed by atoms with E-state index in [0.717, 1.165) is 11.8 Å². The van der Waals surface area contributed by atoms with E-state index in [1.165, 1.54) is 18.2 Å². The second-order valence-corrected chi connectivity index (χ2v) is 7.61. The van der Waals surface area contributed by atoms with Gasteiger partial charge in [-0.05, 0) is 35.2 Å². The predicted molar refractivity (Wildman–Crippen MR) is 102 cm³/mol. The van der Waals surface area contributed by atoms with E-state index < -0.39 is 17.8 Å². The van der Waals surface area contributed by atoms with Crippen molar-refractivity contribution in [1.29, 1.82) is 0 Å². The number of fused-ring (bicyclic) bond motifs is 1. The van der Waals surface area contributed by atoms with Gasteiger partial charge in [-0.3, -0.25) is 4.79 Å². The summed E-state index contributed by atoms with van der Waals surface area (Å²) in [5.74, 6) is 0.0792. The molecular weight excluding hydrogens is 371 g/mol. The lowest BCUT2D eigenvalue weighted by atomic mass is 9.87. The average molecular weight is 391 g/mol. The number of hydrogen-bond donors (Lipinski definition) is 1. The number of rotatable bonds is 3. The highest BCUT2D eigenvalue weighted by Crippen LogP contribution is 2.36. The number of nitrogens with zero attached hydrogens (tertiary/aromatic N) is 1. The lowest BCUT2D eigenvalue weighted by Gasteiger charge is -2.27. The molecule has 2 aromatic carbocycles. The van der Waals surface area contributed by atoms with Crippen molar-refractivity contribution >= 4 is 23.7 Å². The Balaban J connectivity index is 1.68. The fourth-order valence-electron chi connectivity index (χ4n) is 2.53. The van der Waals surface area contributed by atoms with Gasteiger partial charge in [-0.25, -0.2) is 9.82 Å². The molecule has 0 saturated heterocycles. The summed E-state index contributed by atoms with van der Waals surface area (Å²) in [6.45, 7) is 6.32. The first kappa shape index (κ1) is 19.2. The summed E-state index contributed by atoms with van der Waals surface area (Å²) >= 11 is 5.91. The first-order valence-corrected chi connectivity index (χ1v) is 8.84. The largest absolute Gasteiger partial charge is 0.485 e. The number of hydrazone groups is 1. The first-order valence-electron chi connectivity index (χ1n) is 8.46. The van der Waals surface area contributed by atoms with Crippen molar-refractivity contribution in [2.75, 3.05) is 6.61 Å². The summed E-state index contributed by atoms with van der Waals surface area (Å²) in [6.07, 6.45) is 0.297. The monoisotopic (exact) mass is 390 g/mol. The number of amides is 1. The van der Waals surface area contributed by atoms with Gasteiger partial charge in [-0.2, -0.15) is 5.10 Å². The molecule has 0 aromatic heterocycles. The highest BCUT2D eigenvalue weighted by Gasteiger charge is 2.28. The van der Waals surface area contributed by atoms with Crippen LogP contribution in [0.15, 0.2) is 41.5 Å². The van der Waals surface area contributed by atoms with Gasteiger partial charge in [0, 0.05) is 5.56 Å². The Labute approximate surface area is 162 Å². The molecular formula is C20H20ClFN2O3. The SMILES string of the molecule is CC(C)(C)c1ccc2c(c1)O[C@H](C(=O)N/N=C\c1c(F)cccc1Cl)CO2. The molecule has 1 aliphatic rings. The van der Waals surface area contributed by atoms with Crippen LogP contribution in [0.4, 0.5) is 4.39 Å². The Morgan fingerprint density at radius 1 is 1.30 bits per heavy atom. The maximum atomic E-state index is 13.7. The zero-order chi connectivity index (χ0) is 19.6. The van der Waals surface area contributed by atoms with Crippen LogP contribution in [0.3, 0.4) is 0 Å². The van der Waals surface area contributed by atoms with E-state index in [-0.39, 0.29) is 22.6 Å². The van der Waals surface area contributed by atoms with E-state index in [4.69, 9.17) is 21.1 Å². The Kier molecular flexibility index (Phi) is 5.37. The van der Waals surface area contributed by atoms with Crippen LogP contribution in [-0.4, -0.2) is 24.8 Å². The van der Waals surface area contributed by atoms with Crippen LogP contribution >= 0.6 is 11.6 Å². The summed E-state index contributed by atoms with van der Waals surface area (Å²) in [7, 11) is 0. The van der Waals surface area contributed by atoms with Crippen LogP contribution < -0.4 is 14.9 Å². The van der Waals surface area contributed by atoms with Crippen molar-refractivity contribution in [2.45, 2.75) is 32.3 Å². The number of carbonyl (C=O) groups is 1. The summed E-state index contributed by atoms with van der Waals surface area (Å²) in [5, 5.41) is 3.97. The van der Waals surface area contributed by atoms with E-state index >= 15 is 0 Å². The Morgan fingerprint density at radius 3 is 2.78 bits per heavy atom. The summed E-state index contributed by atoms with van der Waals surface area (Å²) in [6, 6.07) is 9.97. The molecule has 7 heteroatoms. The summed E-state index contributed by atoms with van der Waals surface area (Å²) in [5.41, 5.74) is 3.44. The highest BCUT2D eigenvalue weighted by atomic mass is 35.5. The number of nitrogens with one attached hydrogen (secondary N) is 1. The number of carbonyl (C=O) groups excluding carboxylic acids is 1. The van der Waals surface area contributed by atoms with Crippen molar-refractivity contribution < 1.29 is 18.7 Å². The molecule has 0 unspecified atom stereocenters. The third-order valence-electron chi connectivity index (χ3n) is 4.13. The predicted octanol–water partition coefficient (Wildman–Crippen LogP) is 4.07. The molecule has 2 aromatic rings. The van der Waals surface area contributed by atoms with Crippen molar-refractivity contribution in [3.05, 3.63) is 58.4 Å². The average Bonchev–Trinajstić information content (AvgIpc) is 2.62. The van der Waals surface area contributed by atoms with Gasteiger partial charge in [-0.1, -0.05) is 44.5 Å². The summed E-state index contributed by atoms with van der Waals surface area (Å²) < 4.78 is 25.1. The molecule has 1 N–H and O–H groups in total. The molecule has 142 valence electrons. The number of benzene rings is 2. The third-order valence-corrected chi connectivity index (χ3v) is 4.46. The van der Waals surface area contributed by atoms with Crippen LogP contribution in [-0.2, 0) is 10.2 Å². The zero-order valence-electron chi connectivity index (χ0n) is 15.3. The quantitative estimate of drug-likeness (QED) is 0.635. The van der Waals surface area contributed by atoms with Crippen molar-refractivity contribution in [1.82, 2.24) is 5.43 Å². The Bertz CT molecular complexity index is 873. The van der Waals surface area contributed by atoms with E-state index in [1.807, 2.05) is 18.2 Å². The molecule has 1 heterocycles. The minimum Gasteiger partial charge on any atom is -0.485 e. The van der Waals surface area contributed by atoms with Gasteiger partial charge in [0.05, 0.1) is 11.2 Å². The zero-order valence-corrected chi connectivity index (χ0v) is 16.0. The van der Waals surface area contributed by atoms with Gasteiger partial charge >= 0.3 is 0 Å². The van der Waals surface area contributed by atoms with Crippen LogP contribution in [0.2, 0.25) is 5.02 Å². The molecule has 3 rings (SSSR count). The maximum absolute atomic E-state index is 13.7. The highest BCUT2D eigenvalue weighted by molar-refractivity contribution is 6.33. The maximum Gasteiger partial charge on any atom is 0.284 e. The lowest BCUT2D eigenvalue weighted by Crippen LogP contribution is -2.42. The van der Waals surface area contributed by atoms with E-state index in [2.05, 4.69) is 31.3 Å². The Morgan fingerprint density at radius 2 is 2.07 bits per heavy atom. The van der Waals surface area contributed by atoms with Gasteiger partial charge in [0.15, 0.2) is 11.5 Å². The molecule has 0 bridgehead atoms. The van der Waals surface area contributed by atoms with Gasteiger partial charge in [0.1, 0.15) is 12.4 Å². The van der Waals surface area contributed by atoms with Crippen LogP contribution in [0.1, 0.15) is 31.9 Å². The lowest BCUT2D eigenvalue weighted by molar-refractivity contribution is -0.130. The Hall–Kier alpha value is -2.60. The van der Waals surface area contributed by atoms with Gasteiger partial charge < -0.3 is 9.47 Å². The standard InChI is InChI=1S/C20H20ClFN2O3/c1-20(2,3)12-7-8-16-17(9-12)27-18(11-26-16)19(25)24-23-10-13-14(21)5-4-6-15(13)22/h4-10,18H,11H2,1-3H3,(H,24,25)/b23-10-/t18-/m0/s1. The molecule has 0 radical (unpaired) electrons. The van der Waals surface area contributed by atoms with Crippen LogP contribution in [0, 0.1) is 5.82 Å². The van der Waals surface area contributed by atoms with E-state index in [9.17, 15) is 9.18 Å². The molecule has 1 amide bonds. The van der Waals surface area contributed by atoms with Crippen LogP contribution in [0.25, 0.3) is 0 Å². The fourth-order valence-corrected chi connectivity index (χ4v) is 2.75. The smallest absolute Gasteiger partial charge is 0.284 e. The van der Waals surface area contributed by atoms with E-state index in [0.29, 0.717) is 11.5 Å². The molecule has 27 heavy (non-hydrogen) atoms. The molecule has 0 spiro atoms. The molecule has 0 aliphatic carbocycles. The van der Waals surface area contributed by atoms with Crippen LogP contribution in [0.5, 0.6) is 11.5 Å². The number of hydrogen-bond acceptors (Lipinski definition) is 4. The van der Waals surface area contributed by atoms with E-state index in [1.54, 1.807) is 0 Å². The minimum absolute atomic E-state index is 0.0586. The van der Waals surface area contributed by atoms with Gasteiger partial charge in [-0.15, -0.1) is 0 Å². The number of halogens is 2. The minimum atomic E-state index is -0.860. The third kappa shape index (κ3) is 4.39. The molecule has 1 aliphatic heterocycles. The van der Waals surface area contributed by atoms with Crippen molar-refractivity contribution in [2.24, 2.45) is 5.10 Å². The summed E-state index contributed by atoms with van der Waals surface area (Å²) in [4.78, 5) is 12.3. The first-order chi connectivity index (χ1) is 12.8. The molecule has 0 fully saturated rings. The van der Waals surface area contributed by atoms with Crippen molar-refractivity contribution in [3.8, 4) is 11.5 Å². The second kappa shape index (κ2) is 7.56. The number of ether oxygens (including phenoxy) is 2. The topological polar surface area (TPSA) is 59.9 Å². The van der Waals surface area contributed by atoms with Gasteiger partial charge in [0.25, 0.3) is 5.91 Å². The molecule has 0 saturated carbocycles. The van der Waals surface area contributed by atoms with Gasteiger partial charge in [0.2, 0.25) is 6.10 Å². The molecule has 5 nitrogen and oxygen atoms in total. The fraction of sp³-hybridized carbons (Fsp3) is 0.300. The van der Waals surface area contributed by atoms with Crippen molar-refractivity contribution in [3.63, 3.8) is 0 Å². The normalized spacial score (nSPS) is 16.4. The molecule has 1 atom stereocenters.